The number of ether oxygens (including phenoxy) is 2. The van der Waals surface area contributed by atoms with Crippen LogP contribution in [0.25, 0.3) is 0 Å². The SMILES string of the molecule is O=C(O)C1C[C@H]1Oc1c#ccc(OCc2ccc(C(F)(F)F)cc2)c1. The summed E-state index contributed by atoms with van der Waals surface area (Å²) in [7, 11) is 0. The molecule has 0 radical (unpaired) electrons. The first kappa shape index (κ1) is 17.0. The second-order valence-corrected chi connectivity index (χ2v) is 5.64. The van der Waals surface area contributed by atoms with Gasteiger partial charge in [-0.2, -0.15) is 13.2 Å². The van der Waals surface area contributed by atoms with Crippen LogP contribution in [0.4, 0.5) is 13.2 Å². The Hall–Kier alpha value is -2.88. The number of halogens is 3. The van der Waals surface area contributed by atoms with Gasteiger partial charge in [-0.25, -0.2) is 0 Å². The van der Waals surface area contributed by atoms with E-state index < -0.39 is 23.6 Å². The Morgan fingerprint density at radius 3 is 2.60 bits per heavy atom. The molecule has 0 heterocycles. The molecule has 130 valence electrons. The largest absolute Gasteiger partial charge is 0.488 e. The maximum Gasteiger partial charge on any atom is 0.416 e. The summed E-state index contributed by atoms with van der Waals surface area (Å²) in [4.78, 5) is 10.8. The molecule has 2 atom stereocenters. The molecular weight excluding hydrogens is 337 g/mol. The Kier molecular flexibility index (Phi) is 4.45. The normalized spacial score (nSPS) is 19.0. The third-order valence-electron chi connectivity index (χ3n) is 3.70. The molecule has 0 aromatic heterocycles. The standard InChI is InChI=1S/C18H13F3O4/c19-18(20,21)12-6-4-11(5-7-12)10-24-13-2-1-3-14(8-13)25-16-9-15(16)17(22)23/h2,4-8,15-16H,9-10H2,(H,22,23)/t15?,16-/m1/s1. The number of alkyl halides is 3. The van der Waals surface area contributed by atoms with E-state index in [9.17, 15) is 18.0 Å². The van der Waals surface area contributed by atoms with Gasteiger partial charge in [0.05, 0.1) is 11.5 Å². The van der Waals surface area contributed by atoms with Crippen molar-refractivity contribution in [3.8, 4) is 11.5 Å². The topological polar surface area (TPSA) is 55.8 Å². The lowest BCUT2D eigenvalue weighted by Gasteiger charge is -2.09. The lowest BCUT2D eigenvalue weighted by Crippen LogP contribution is -2.07. The van der Waals surface area contributed by atoms with Crippen LogP contribution in [-0.4, -0.2) is 17.2 Å². The van der Waals surface area contributed by atoms with Crippen molar-refractivity contribution < 1.29 is 32.5 Å². The number of hydrogen-bond acceptors (Lipinski definition) is 3. The number of carbonyl (C=O) groups is 1. The van der Waals surface area contributed by atoms with E-state index in [0.29, 0.717) is 23.5 Å². The molecule has 1 saturated carbocycles. The zero-order valence-electron chi connectivity index (χ0n) is 12.8. The van der Waals surface area contributed by atoms with Crippen molar-refractivity contribution in [3.05, 3.63) is 59.7 Å². The zero-order chi connectivity index (χ0) is 18.0. The minimum Gasteiger partial charge on any atom is -0.488 e. The van der Waals surface area contributed by atoms with Gasteiger partial charge in [0.1, 0.15) is 18.5 Å². The summed E-state index contributed by atoms with van der Waals surface area (Å²) in [5, 5.41) is 8.84. The van der Waals surface area contributed by atoms with E-state index in [4.69, 9.17) is 14.6 Å². The third kappa shape index (κ3) is 4.35. The van der Waals surface area contributed by atoms with Gasteiger partial charge in [0, 0.05) is 18.6 Å². The van der Waals surface area contributed by atoms with Crippen LogP contribution in [0.2, 0.25) is 0 Å². The second-order valence-electron chi connectivity index (χ2n) is 5.64. The minimum absolute atomic E-state index is 0.0800. The van der Waals surface area contributed by atoms with Crippen molar-refractivity contribution in [2.75, 3.05) is 0 Å². The smallest absolute Gasteiger partial charge is 0.416 e. The lowest BCUT2D eigenvalue weighted by atomic mass is 10.1. The number of hydrogen-bond donors (Lipinski definition) is 1. The fourth-order valence-electron chi connectivity index (χ4n) is 2.21. The average Bonchev–Trinajstić information content (AvgIpc) is 3.32. The van der Waals surface area contributed by atoms with Crippen LogP contribution in [0.5, 0.6) is 11.5 Å². The molecule has 1 unspecified atom stereocenters. The van der Waals surface area contributed by atoms with Crippen LogP contribution in [0.15, 0.2) is 36.4 Å². The molecule has 1 N–H and O–H groups in total. The molecule has 0 bridgehead atoms. The van der Waals surface area contributed by atoms with Crippen LogP contribution in [0.1, 0.15) is 17.5 Å². The Morgan fingerprint density at radius 1 is 1.28 bits per heavy atom. The van der Waals surface area contributed by atoms with Crippen LogP contribution < -0.4 is 9.47 Å². The van der Waals surface area contributed by atoms with Crippen molar-refractivity contribution >= 4 is 5.97 Å². The molecular formula is C18H13F3O4. The summed E-state index contributed by atoms with van der Waals surface area (Å²) in [6, 6.07) is 13.2. The summed E-state index contributed by atoms with van der Waals surface area (Å²) < 4.78 is 48.5. The van der Waals surface area contributed by atoms with Gasteiger partial charge in [-0.05, 0) is 23.8 Å². The summed E-state index contributed by atoms with van der Waals surface area (Å²) >= 11 is 0. The van der Waals surface area contributed by atoms with Gasteiger partial charge < -0.3 is 14.6 Å². The van der Waals surface area contributed by atoms with Crippen molar-refractivity contribution in [3.63, 3.8) is 0 Å². The second kappa shape index (κ2) is 6.55. The third-order valence-corrected chi connectivity index (χ3v) is 3.70. The number of benzene rings is 1. The molecule has 4 nitrogen and oxygen atoms in total. The van der Waals surface area contributed by atoms with Gasteiger partial charge in [-0.15, -0.1) is 0 Å². The molecule has 0 aliphatic heterocycles. The predicted octanol–water partition coefficient (Wildman–Crippen LogP) is 3.74. The minimum atomic E-state index is -4.37. The number of carboxylic acid groups (broad SMARTS) is 1. The molecule has 7 heteroatoms. The molecule has 1 aliphatic carbocycles. The first-order valence-electron chi connectivity index (χ1n) is 7.45. The Balaban J connectivity index is 1.56. The van der Waals surface area contributed by atoms with Crippen molar-refractivity contribution in [1.29, 1.82) is 0 Å². The average molecular weight is 350 g/mol. The molecule has 2 aromatic rings. The van der Waals surface area contributed by atoms with E-state index >= 15 is 0 Å². The predicted molar refractivity (Wildman–Crippen MR) is 80.0 cm³/mol. The number of carboxylic acids is 1. The number of aliphatic carboxylic acids is 1. The van der Waals surface area contributed by atoms with Gasteiger partial charge in [-0.3, -0.25) is 4.79 Å². The van der Waals surface area contributed by atoms with Crippen LogP contribution >= 0.6 is 0 Å². The van der Waals surface area contributed by atoms with E-state index in [0.717, 1.165) is 12.1 Å². The molecule has 1 aliphatic rings. The summed E-state index contributed by atoms with van der Waals surface area (Å²) in [5.74, 6) is -0.686. The van der Waals surface area contributed by atoms with E-state index in [1.165, 1.54) is 24.3 Å². The van der Waals surface area contributed by atoms with E-state index in [2.05, 4.69) is 12.1 Å². The van der Waals surface area contributed by atoms with E-state index in [1.54, 1.807) is 0 Å². The highest BCUT2D eigenvalue weighted by atomic mass is 19.4. The van der Waals surface area contributed by atoms with E-state index in [-0.39, 0.29) is 12.7 Å². The van der Waals surface area contributed by atoms with E-state index in [1.807, 2.05) is 0 Å². The molecule has 0 amide bonds. The Labute approximate surface area is 141 Å². The summed E-state index contributed by atoms with van der Waals surface area (Å²) in [5.41, 5.74) is -0.136. The van der Waals surface area contributed by atoms with Crippen LogP contribution in [-0.2, 0) is 17.6 Å². The van der Waals surface area contributed by atoms with Crippen LogP contribution in [0, 0.1) is 18.1 Å². The fourth-order valence-corrected chi connectivity index (χ4v) is 2.21. The van der Waals surface area contributed by atoms with Gasteiger partial charge in [0.15, 0.2) is 5.75 Å². The molecule has 3 rings (SSSR count). The highest BCUT2D eigenvalue weighted by Gasteiger charge is 2.45. The van der Waals surface area contributed by atoms with Gasteiger partial charge in [0.25, 0.3) is 0 Å². The fraction of sp³-hybridized carbons (Fsp3) is 0.278. The maximum absolute atomic E-state index is 12.5. The lowest BCUT2D eigenvalue weighted by molar-refractivity contribution is -0.139. The monoisotopic (exact) mass is 350 g/mol. The molecule has 0 saturated heterocycles. The first-order chi connectivity index (χ1) is 11.8. The Morgan fingerprint density at radius 2 is 2.00 bits per heavy atom. The van der Waals surface area contributed by atoms with Crippen molar-refractivity contribution in [1.82, 2.24) is 0 Å². The Bertz CT molecular complexity index is 756. The maximum atomic E-state index is 12.5. The number of rotatable bonds is 6. The van der Waals surface area contributed by atoms with Gasteiger partial charge in [-0.1, -0.05) is 18.2 Å². The summed E-state index contributed by atoms with van der Waals surface area (Å²) in [6.07, 6.45) is -4.31. The van der Waals surface area contributed by atoms with Crippen molar-refractivity contribution in [2.24, 2.45) is 5.92 Å². The molecule has 2 aromatic carbocycles. The first-order valence-corrected chi connectivity index (χ1v) is 7.45. The molecule has 0 spiro atoms. The zero-order valence-corrected chi connectivity index (χ0v) is 12.8. The van der Waals surface area contributed by atoms with Gasteiger partial charge in [0.2, 0.25) is 0 Å². The molecule has 1 fully saturated rings. The van der Waals surface area contributed by atoms with Crippen LogP contribution in [0.3, 0.4) is 0 Å². The highest BCUT2D eigenvalue weighted by molar-refractivity contribution is 5.74. The summed E-state index contributed by atoms with van der Waals surface area (Å²) in [6.45, 7) is 0.0800. The quantitative estimate of drug-likeness (QED) is 0.862. The van der Waals surface area contributed by atoms with Crippen molar-refractivity contribution in [2.45, 2.75) is 25.3 Å². The molecule has 25 heavy (non-hydrogen) atoms. The van der Waals surface area contributed by atoms with Gasteiger partial charge >= 0.3 is 12.1 Å². The highest BCUT2D eigenvalue weighted by Crippen LogP contribution is 2.35.